The molecule has 134 valence electrons. The predicted molar refractivity (Wildman–Crippen MR) is 98.1 cm³/mol. The lowest BCUT2D eigenvalue weighted by atomic mass is 9.88. The van der Waals surface area contributed by atoms with Crippen molar-refractivity contribution in [1.29, 1.82) is 0 Å². The Morgan fingerprint density at radius 2 is 1.76 bits per heavy atom. The molecule has 0 atom stereocenters. The second-order valence-electron chi connectivity index (χ2n) is 7.87. The molecule has 0 bridgehead atoms. The number of likely N-dealkylation sites (tertiary alicyclic amines) is 1. The number of hydrogen-bond acceptors (Lipinski definition) is 2. The molecule has 1 heterocycles. The van der Waals surface area contributed by atoms with Crippen LogP contribution in [0.4, 0.5) is 9.18 Å². The molecule has 4 heteroatoms. The number of hydrogen-bond donors (Lipinski definition) is 0. The van der Waals surface area contributed by atoms with Crippen LogP contribution in [-0.2, 0) is 11.2 Å². The molecule has 1 saturated heterocycles. The van der Waals surface area contributed by atoms with Gasteiger partial charge in [-0.05, 0) is 63.0 Å². The largest absolute Gasteiger partial charge is 0.444 e. The number of halogens is 1. The summed E-state index contributed by atoms with van der Waals surface area (Å²) in [7, 11) is 0. The number of nitrogens with zero attached hydrogens (tertiary/aromatic N) is 1. The lowest BCUT2D eigenvalue weighted by Crippen LogP contribution is -2.42. The van der Waals surface area contributed by atoms with Gasteiger partial charge in [0.15, 0.2) is 0 Å². The Morgan fingerprint density at radius 1 is 1.12 bits per heavy atom. The van der Waals surface area contributed by atoms with Crippen molar-refractivity contribution in [3.8, 4) is 0 Å². The first-order valence-corrected chi connectivity index (χ1v) is 8.97. The minimum absolute atomic E-state index is 0.168. The maximum atomic E-state index is 14.0. The van der Waals surface area contributed by atoms with E-state index in [1.54, 1.807) is 11.0 Å². The zero-order valence-electron chi connectivity index (χ0n) is 15.2. The molecular weight excluding hydrogens is 317 g/mol. The highest BCUT2D eigenvalue weighted by atomic mass is 19.1. The van der Waals surface area contributed by atoms with Crippen LogP contribution in [0.15, 0.2) is 36.4 Å². The third-order valence-electron chi connectivity index (χ3n) is 4.74. The number of carbonyl (C=O) groups excluding carboxylic acids is 1. The minimum Gasteiger partial charge on any atom is -0.444 e. The molecule has 0 unspecified atom stereocenters. The summed E-state index contributed by atoms with van der Waals surface area (Å²) < 4.78 is 19.4. The molecule has 0 aliphatic carbocycles. The molecule has 0 radical (unpaired) electrons. The van der Waals surface area contributed by atoms with Crippen molar-refractivity contribution in [1.82, 2.24) is 4.90 Å². The monoisotopic (exact) mass is 343 g/mol. The lowest BCUT2D eigenvalue weighted by Gasteiger charge is -2.33. The number of fused-ring (bicyclic) bond motifs is 1. The van der Waals surface area contributed by atoms with E-state index in [-0.39, 0.29) is 11.9 Å². The fraction of sp³-hybridized carbons (Fsp3) is 0.476. The van der Waals surface area contributed by atoms with E-state index in [4.69, 9.17) is 4.74 Å². The second kappa shape index (κ2) is 7.03. The van der Waals surface area contributed by atoms with Crippen LogP contribution in [0.2, 0.25) is 0 Å². The zero-order valence-corrected chi connectivity index (χ0v) is 15.2. The van der Waals surface area contributed by atoms with Gasteiger partial charge in [-0.15, -0.1) is 0 Å². The SMILES string of the molecule is CC(C)(C)OC(=O)N1CCC(Cc2ccc(F)c3ccccc23)CC1. The fourth-order valence-electron chi connectivity index (χ4n) is 3.46. The zero-order chi connectivity index (χ0) is 18.0. The summed E-state index contributed by atoms with van der Waals surface area (Å²) in [6, 6.07) is 11.1. The Balaban J connectivity index is 1.63. The van der Waals surface area contributed by atoms with Crippen molar-refractivity contribution in [2.45, 2.75) is 45.6 Å². The summed E-state index contributed by atoms with van der Waals surface area (Å²) >= 11 is 0. The van der Waals surface area contributed by atoms with Gasteiger partial charge in [0.1, 0.15) is 11.4 Å². The van der Waals surface area contributed by atoms with E-state index in [0.717, 1.165) is 37.7 Å². The Morgan fingerprint density at radius 3 is 2.40 bits per heavy atom. The van der Waals surface area contributed by atoms with Gasteiger partial charge in [0.05, 0.1) is 0 Å². The van der Waals surface area contributed by atoms with Crippen LogP contribution >= 0.6 is 0 Å². The minimum atomic E-state index is -0.457. The third kappa shape index (κ3) is 4.30. The molecule has 2 aromatic carbocycles. The average Bonchev–Trinajstić information content (AvgIpc) is 2.57. The Kier molecular flexibility index (Phi) is 4.98. The third-order valence-corrected chi connectivity index (χ3v) is 4.74. The molecule has 0 N–H and O–H groups in total. The van der Waals surface area contributed by atoms with Crippen LogP contribution in [0.25, 0.3) is 10.8 Å². The second-order valence-corrected chi connectivity index (χ2v) is 7.87. The van der Waals surface area contributed by atoms with E-state index in [1.165, 1.54) is 5.56 Å². The standard InChI is InChI=1S/C21H26FNO2/c1-21(2,3)25-20(24)23-12-10-15(11-13-23)14-16-8-9-19(22)18-7-5-4-6-17(16)18/h4-9,15H,10-14H2,1-3H3. The van der Waals surface area contributed by atoms with Gasteiger partial charge in [-0.1, -0.05) is 30.3 Å². The number of amides is 1. The molecule has 25 heavy (non-hydrogen) atoms. The highest BCUT2D eigenvalue weighted by molar-refractivity contribution is 5.86. The highest BCUT2D eigenvalue weighted by Gasteiger charge is 2.27. The molecular formula is C21H26FNO2. The van der Waals surface area contributed by atoms with Gasteiger partial charge in [0, 0.05) is 18.5 Å². The van der Waals surface area contributed by atoms with Crippen molar-refractivity contribution in [3.05, 3.63) is 47.8 Å². The summed E-state index contributed by atoms with van der Waals surface area (Å²) in [6.07, 6.45) is 2.59. The maximum Gasteiger partial charge on any atom is 0.410 e. The van der Waals surface area contributed by atoms with Gasteiger partial charge >= 0.3 is 6.09 Å². The first-order chi connectivity index (χ1) is 11.8. The van der Waals surface area contributed by atoms with Crippen molar-refractivity contribution in [2.75, 3.05) is 13.1 Å². The molecule has 0 spiro atoms. The first-order valence-electron chi connectivity index (χ1n) is 8.97. The number of rotatable bonds is 2. The van der Waals surface area contributed by atoms with Crippen molar-refractivity contribution >= 4 is 16.9 Å². The van der Waals surface area contributed by atoms with Gasteiger partial charge in [-0.2, -0.15) is 0 Å². The number of piperidine rings is 1. The van der Waals surface area contributed by atoms with Gasteiger partial charge in [0.2, 0.25) is 0 Å². The molecule has 0 saturated carbocycles. The van der Waals surface area contributed by atoms with E-state index < -0.39 is 5.60 Å². The summed E-state index contributed by atoms with van der Waals surface area (Å²) in [5.41, 5.74) is 0.730. The van der Waals surface area contributed by atoms with E-state index in [0.29, 0.717) is 11.3 Å². The van der Waals surface area contributed by atoms with E-state index in [2.05, 4.69) is 0 Å². The fourth-order valence-corrected chi connectivity index (χ4v) is 3.46. The Labute approximate surface area is 148 Å². The summed E-state index contributed by atoms with van der Waals surface area (Å²) in [5.74, 6) is 0.339. The summed E-state index contributed by atoms with van der Waals surface area (Å²) in [6.45, 7) is 7.10. The molecule has 1 aliphatic heterocycles. The summed E-state index contributed by atoms with van der Waals surface area (Å²) in [4.78, 5) is 13.9. The van der Waals surface area contributed by atoms with Crippen molar-refractivity contribution < 1.29 is 13.9 Å². The first kappa shape index (κ1) is 17.7. The molecule has 3 nitrogen and oxygen atoms in total. The number of benzene rings is 2. The Hall–Kier alpha value is -2.10. The van der Waals surface area contributed by atoms with Crippen LogP contribution in [0.3, 0.4) is 0 Å². The van der Waals surface area contributed by atoms with E-state index >= 15 is 0 Å². The smallest absolute Gasteiger partial charge is 0.410 e. The number of carbonyl (C=O) groups is 1. The Bertz CT molecular complexity index is 758. The normalized spacial score (nSPS) is 16.2. The topological polar surface area (TPSA) is 29.5 Å². The van der Waals surface area contributed by atoms with E-state index in [1.807, 2.05) is 51.1 Å². The van der Waals surface area contributed by atoms with Crippen LogP contribution < -0.4 is 0 Å². The molecule has 3 rings (SSSR count). The molecule has 0 aromatic heterocycles. The van der Waals surface area contributed by atoms with Crippen LogP contribution in [-0.4, -0.2) is 29.7 Å². The van der Waals surface area contributed by atoms with E-state index in [9.17, 15) is 9.18 Å². The molecule has 2 aromatic rings. The summed E-state index contributed by atoms with van der Waals surface area (Å²) in [5, 5.41) is 1.68. The van der Waals surface area contributed by atoms with Crippen molar-refractivity contribution in [2.24, 2.45) is 5.92 Å². The van der Waals surface area contributed by atoms with Crippen LogP contribution in [0.1, 0.15) is 39.2 Å². The quantitative estimate of drug-likeness (QED) is 0.753. The van der Waals surface area contributed by atoms with Crippen LogP contribution in [0.5, 0.6) is 0 Å². The number of ether oxygens (including phenoxy) is 1. The van der Waals surface area contributed by atoms with Crippen LogP contribution in [0, 0.1) is 11.7 Å². The highest BCUT2D eigenvalue weighted by Crippen LogP contribution is 2.28. The molecule has 1 fully saturated rings. The average molecular weight is 343 g/mol. The van der Waals surface area contributed by atoms with Gasteiger partial charge in [-0.25, -0.2) is 9.18 Å². The van der Waals surface area contributed by atoms with Gasteiger partial charge in [0.25, 0.3) is 0 Å². The van der Waals surface area contributed by atoms with Crippen molar-refractivity contribution in [3.63, 3.8) is 0 Å². The lowest BCUT2D eigenvalue weighted by molar-refractivity contribution is 0.0184. The van der Waals surface area contributed by atoms with Gasteiger partial charge < -0.3 is 9.64 Å². The maximum absolute atomic E-state index is 14.0. The molecule has 1 amide bonds. The van der Waals surface area contributed by atoms with Gasteiger partial charge in [-0.3, -0.25) is 0 Å². The predicted octanol–water partition coefficient (Wildman–Crippen LogP) is 5.17. The molecule has 1 aliphatic rings.